The maximum Gasteiger partial charge on any atom is 0.164 e. The van der Waals surface area contributed by atoms with Crippen LogP contribution in [-0.2, 0) is 0 Å². The quantitative estimate of drug-likeness (QED) is 0.781. The highest BCUT2D eigenvalue weighted by Crippen LogP contribution is 2.19. The molecule has 0 unspecified atom stereocenters. The fourth-order valence-electron chi connectivity index (χ4n) is 2.91. The molecule has 4 heteroatoms. The van der Waals surface area contributed by atoms with E-state index in [1.54, 1.807) is 0 Å². The normalized spacial score (nSPS) is 15.6. The van der Waals surface area contributed by atoms with Crippen LogP contribution in [0.2, 0.25) is 5.02 Å². The van der Waals surface area contributed by atoms with Crippen molar-refractivity contribution in [2.75, 3.05) is 37.6 Å². The number of hydrogen-bond acceptors (Lipinski definition) is 3. The predicted molar refractivity (Wildman–Crippen MR) is 95.5 cm³/mol. The minimum absolute atomic E-state index is 0.228. The molecule has 2 aromatic rings. The van der Waals surface area contributed by atoms with Crippen LogP contribution in [0.3, 0.4) is 0 Å². The molecule has 0 saturated carbocycles. The van der Waals surface area contributed by atoms with Gasteiger partial charge in [-0.05, 0) is 24.3 Å². The van der Waals surface area contributed by atoms with E-state index in [4.69, 9.17) is 11.6 Å². The van der Waals surface area contributed by atoms with E-state index in [9.17, 15) is 4.79 Å². The highest BCUT2D eigenvalue weighted by atomic mass is 35.5. The molecule has 0 aromatic heterocycles. The maximum absolute atomic E-state index is 12.2. The number of carbonyl (C=O) groups is 1. The fourth-order valence-corrected chi connectivity index (χ4v) is 3.04. The van der Waals surface area contributed by atoms with Crippen molar-refractivity contribution >= 4 is 23.1 Å². The molecule has 0 aliphatic carbocycles. The molecule has 23 heavy (non-hydrogen) atoms. The van der Waals surface area contributed by atoms with Crippen molar-refractivity contribution in [1.29, 1.82) is 0 Å². The summed E-state index contributed by atoms with van der Waals surface area (Å²) in [5.41, 5.74) is 2.03. The standard InChI is InChI=1S/C19H21ClN2O/c20-17-6-8-18(9-7-17)22-14-12-21(13-15-22)11-10-19(23)16-4-2-1-3-5-16/h1-9H,10-15H2. The molecule has 1 saturated heterocycles. The Morgan fingerprint density at radius 3 is 2.22 bits per heavy atom. The number of hydrogen-bond donors (Lipinski definition) is 0. The van der Waals surface area contributed by atoms with Crippen LogP contribution in [0, 0.1) is 0 Å². The molecule has 0 N–H and O–H groups in total. The van der Waals surface area contributed by atoms with Crippen molar-refractivity contribution in [3.63, 3.8) is 0 Å². The van der Waals surface area contributed by atoms with Gasteiger partial charge in [-0.1, -0.05) is 41.9 Å². The molecule has 3 rings (SSSR count). The SMILES string of the molecule is O=C(CCN1CCN(c2ccc(Cl)cc2)CC1)c1ccccc1. The lowest BCUT2D eigenvalue weighted by molar-refractivity contribution is 0.0962. The maximum atomic E-state index is 12.2. The van der Waals surface area contributed by atoms with E-state index >= 15 is 0 Å². The molecule has 1 fully saturated rings. The summed E-state index contributed by atoms with van der Waals surface area (Å²) in [5.74, 6) is 0.228. The van der Waals surface area contributed by atoms with Crippen LogP contribution in [0.5, 0.6) is 0 Å². The van der Waals surface area contributed by atoms with Crippen LogP contribution in [0.15, 0.2) is 54.6 Å². The van der Waals surface area contributed by atoms with E-state index in [-0.39, 0.29) is 5.78 Å². The van der Waals surface area contributed by atoms with Crippen molar-refractivity contribution in [1.82, 2.24) is 4.90 Å². The van der Waals surface area contributed by atoms with Gasteiger partial charge < -0.3 is 4.90 Å². The Morgan fingerprint density at radius 2 is 1.57 bits per heavy atom. The van der Waals surface area contributed by atoms with Gasteiger partial charge in [-0.25, -0.2) is 0 Å². The molecule has 3 nitrogen and oxygen atoms in total. The minimum Gasteiger partial charge on any atom is -0.369 e. The molecule has 0 bridgehead atoms. The zero-order chi connectivity index (χ0) is 16.1. The van der Waals surface area contributed by atoms with Crippen LogP contribution < -0.4 is 4.90 Å². The highest BCUT2D eigenvalue weighted by Gasteiger charge is 2.18. The molecule has 2 aromatic carbocycles. The van der Waals surface area contributed by atoms with Crippen molar-refractivity contribution in [2.45, 2.75) is 6.42 Å². The summed E-state index contributed by atoms with van der Waals surface area (Å²) in [6, 6.07) is 17.5. The summed E-state index contributed by atoms with van der Waals surface area (Å²) in [4.78, 5) is 16.9. The van der Waals surface area contributed by atoms with Gasteiger partial charge in [-0.3, -0.25) is 9.69 Å². The highest BCUT2D eigenvalue weighted by molar-refractivity contribution is 6.30. The van der Waals surface area contributed by atoms with Crippen molar-refractivity contribution in [2.24, 2.45) is 0 Å². The lowest BCUT2D eigenvalue weighted by Crippen LogP contribution is -2.46. The molecule has 0 atom stereocenters. The summed E-state index contributed by atoms with van der Waals surface area (Å²) in [6.07, 6.45) is 0.588. The minimum atomic E-state index is 0.228. The van der Waals surface area contributed by atoms with Crippen LogP contribution in [0.1, 0.15) is 16.8 Å². The van der Waals surface area contributed by atoms with Crippen molar-refractivity contribution in [3.05, 3.63) is 65.2 Å². The number of ketones is 1. The first kappa shape index (κ1) is 16.0. The third-order valence-electron chi connectivity index (χ3n) is 4.31. The van der Waals surface area contributed by atoms with Crippen LogP contribution in [0.25, 0.3) is 0 Å². The van der Waals surface area contributed by atoms with E-state index in [0.717, 1.165) is 43.3 Å². The lowest BCUT2D eigenvalue weighted by Gasteiger charge is -2.36. The van der Waals surface area contributed by atoms with Gasteiger partial charge >= 0.3 is 0 Å². The number of piperazine rings is 1. The molecular weight excluding hydrogens is 308 g/mol. The second-order valence-electron chi connectivity index (χ2n) is 5.84. The summed E-state index contributed by atoms with van der Waals surface area (Å²) >= 11 is 5.94. The van der Waals surface area contributed by atoms with Gasteiger partial charge in [0.05, 0.1) is 0 Å². The van der Waals surface area contributed by atoms with Crippen LogP contribution in [0.4, 0.5) is 5.69 Å². The first-order chi connectivity index (χ1) is 11.2. The second kappa shape index (κ2) is 7.62. The molecule has 0 spiro atoms. The van der Waals surface area contributed by atoms with Gasteiger partial charge in [0.1, 0.15) is 0 Å². The number of nitrogens with zero attached hydrogens (tertiary/aromatic N) is 2. The molecule has 1 heterocycles. The van der Waals surface area contributed by atoms with E-state index in [2.05, 4.69) is 21.9 Å². The predicted octanol–water partition coefficient (Wildman–Crippen LogP) is 3.74. The van der Waals surface area contributed by atoms with Crippen molar-refractivity contribution < 1.29 is 4.79 Å². The number of carbonyl (C=O) groups excluding carboxylic acids is 1. The number of anilines is 1. The second-order valence-corrected chi connectivity index (χ2v) is 6.28. The van der Waals surface area contributed by atoms with Gasteiger partial charge in [0.15, 0.2) is 5.78 Å². The number of benzene rings is 2. The third kappa shape index (κ3) is 4.34. The van der Waals surface area contributed by atoms with Gasteiger partial charge in [0.25, 0.3) is 0 Å². The smallest absolute Gasteiger partial charge is 0.164 e. The summed E-state index contributed by atoms with van der Waals surface area (Å²) in [5, 5.41) is 0.770. The van der Waals surface area contributed by atoms with Gasteiger partial charge in [0.2, 0.25) is 0 Å². The Balaban J connectivity index is 1.46. The molecule has 120 valence electrons. The topological polar surface area (TPSA) is 23.6 Å². The van der Waals surface area contributed by atoms with E-state index in [0.29, 0.717) is 6.42 Å². The van der Waals surface area contributed by atoms with Crippen molar-refractivity contribution in [3.8, 4) is 0 Å². The van der Waals surface area contributed by atoms with Gasteiger partial charge in [0, 0.05) is 55.4 Å². The number of Topliss-reactive ketones (excluding diaryl/α,β-unsaturated/α-hetero) is 1. The third-order valence-corrected chi connectivity index (χ3v) is 4.57. The number of halogens is 1. The lowest BCUT2D eigenvalue weighted by atomic mass is 10.1. The van der Waals surface area contributed by atoms with Gasteiger partial charge in [-0.2, -0.15) is 0 Å². The van der Waals surface area contributed by atoms with E-state index in [1.807, 2.05) is 42.5 Å². The fraction of sp³-hybridized carbons (Fsp3) is 0.316. The Morgan fingerprint density at radius 1 is 0.913 bits per heavy atom. The molecule has 1 aliphatic rings. The number of rotatable bonds is 5. The first-order valence-corrected chi connectivity index (χ1v) is 8.41. The van der Waals surface area contributed by atoms with E-state index in [1.165, 1.54) is 5.69 Å². The summed E-state index contributed by atoms with van der Waals surface area (Å²) in [6.45, 7) is 4.79. The Hall–Kier alpha value is -1.84. The molecular formula is C19H21ClN2O. The summed E-state index contributed by atoms with van der Waals surface area (Å²) in [7, 11) is 0. The monoisotopic (exact) mass is 328 g/mol. The summed E-state index contributed by atoms with van der Waals surface area (Å²) < 4.78 is 0. The van der Waals surface area contributed by atoms with Crippen LogP contribution >= 0.6 is 11.6 Å². The average Bonchev–Trinajstić information content (AvgIpc) is 2.61. The molecule has 1 aliphatic heterocycles. The average molecular weight is 329 g/mol. The Labute approximate surface area is 142 Å². The Bertz CT molecular complexity index is 634. The van der Waals surface area contributed by atoms with Crippen LogP contribution in [-0.4, -0.2) is 43.4 Å². The first-order valence-electron chi connectivity index (χ1n) is 8.03. The largest absolute Gasteiger partial charge is 0.369 e. The molecule has 0 amide bonds. The Kier molecular flexibility index (Phi) is 5.31. The zero-order valence-corrected chi connectivity index (χ0v) is 13.9. The van der Waals surface area contributed by atoms with Gasteiger partial charge in [-0.15, -0.1) is 0 Å². The van der Waals surface area contributed by atoms with E-state index < -0.39 is 0 Å². The zero-order valence-electron chi connectivity index (χ0n) is 13.1. The molecule has 0 radical (unpaired) electrons.